The van der Waals surface area contributed by atoms with E-state index in [1.807, 2.05) is 6.08 Å². The number of hydrogen-bond acceptors (Lipinski definition) is 23. The highest BCUT2D eigenvalue weighted by atomic mass is 31.2. The Hall–Kier alpha value is -2.82. The number of ether oxygens (including phenoxy) is 7. The van der Waals surface area contributed by atoms with Crippen LogP contribution < -0.4 is 0 Å². The SMILES string of the molecule is CCCCCCCC/C=C\CCCCCC(=O)OC(COC(=O)CCCCCCCCCCCCCCC)COP(=O)(O)OC1C(OC2OC(CO)C(O)C(O)C2O)C(O)C(O)C(O)C1OC1OC(COC(=O)/C=C/C=C/CCCCCCCCCCCCC)C(O)C(O)C1O. The molecule has 2 saturated heterocycles. The number of aliphatic hydroxyl groups is 10. The molecule has 1 aliphatic carbocycles. The van der Waals surface area contributed by atoms with Crippen molar-refractivity contribution in [1.82, 2.24) is 0 Å². The Morgan fingerprint density at radius 1 is 0.427 bits per heavy atom. The van der Waals surface area contributed by atoms with E-state index in [2.05, 4.69) is 32.9 Å². The number of esters is 3. The van der Waals surface area contributed by atoms with Crippen LogP contribution >= 0.6 is 7.82 Å². The summed E-state index contributed by atoms with van der Waals surface area (Å²) in [6.07, 6.45) is 14.3. The number of allylic oxidation sites excluding steroid dienone is 5. The topological polar surface area (TPSA) is 374 Å². The number of phosphoric ester groups is 1. The van der Waals surface area contributed by atoms with Crippen LogP contribution in [0, 0.1) is 0 Å². The van der Waals surface area contributed by atoms with Gasteiger partial charge in [0, 0.05) is 18.9 Å². The van der Waals surface area contributed by atoms with E-state index in [-0.39, 0.29) is 12.8 Å². The van der Waals surface area contributed by atoms with Gasteiger partial charge < -0.3 is 89.1 Å². The third-order valence-electron chi connectivity index (χ3n) is 18.0. The molecule has 0 amide bonds. The molecule has 0 bridgehead atoms. The minimum absolute atomic E-state index is 0.0414. The number of hydrogen-bond donors (Lipinski definition) is 11. The molecule has 18 unspecified atom stereocenters. The lowest BCUT2D eigenvalue weighted by molar-refractivity contribution is -0.360. The molecule has 3 rings (SSSR count). The van der Waals surface area contributed by atoms with Crippen molar-refractivity contribution in [1.29, 1.82) is 0 Å². The van der Waals surface area contributed by atoms with Gasteiger partial charge in [0.25, 0.3) is 0 Å². The van der Waals surface area contributed by atoms with E-state index in [9.17, 15) is 74.9 Å². The van der Waals surface area contributed by atoms with Crippen LogP contribution in [-0.2, 0) is 61.2 Å². The highest BCUT2D eigenvalue weighted by Gasteiger charge is 2.58. The van der Waals surface area contributed by atoms with Crippen molar-refractivity contribution in [2.45, 2.75) is 369 Å². The van der Waals surface area contributed by atoms with Crippen LogP contribution in [0.15, 0.2) is 36.5 Å². The first-order valence-electron chi connectivity index (χ1n) is 36.8. The van der Waals surface area contributed by atoms with Crippen molar-refractivity contribution < 1.29 is 117 Å². The third kappa shape index (κ3) is 36.2. The van der Waals surface area contributed by atoms with Crippen LogP contribution in [0.3, 0.4) is 0 Å². The molecule has 0 radical (unpaired) electrons. The number of phosphoric acid groups is 1. The van der Waals surface area contributed by atoms with Gasteiger partial charge in [-0.15, -0.1) is 0 Å². The first-order chi connectivity index (χ1) is 46.3. The maximum atomic E-state index is 14.3. The maximum Gasteiger partial charge on any atom is 0.472 e. The predicted octanol–water partition coefficient (Wildman–Crippen LogP) is 9.51. The van der Waals surface area contributed by atoms with Gasteiger partial charge in [-0.25, -0.2) is 9.36 Å². The van der Waals surface area contributed by atoms with Crippen LogP contribution in [0.25, 0.3) is 0 Å². The van der Waals surface area contributed by atoms with Crippen molar-refractivity contribution >= 4 is 25.7 Å². The summed E-state index contributed by atoms with van der Waals surface area (Å²) >= 11 is 0. The molecule has 2 heterocycles. The Bertz CT molecular complexity index is 2140. The molecule has 96 heavy (non-hydrogen) atoms. The molecule has 0 spiro atoms. The van der Waals surface area contributed by atoms with Crippen molar-refractivity contribution in [2.24, 2.45) is 0 Å². The zero-order valence-electron chi connectivity index (χ0n) is 58.2. The Morgan fingerprint density at radius 3 is 1.27 bits per heavy atom. The molecule has 24 nitrogen and oxygen atoms in total. The largest absolute Gasteiger partial charge is 0.472 e. The first-order valence-corrected chi connectivity index (χ1v) is 38.3. The minimum Gasteiger partial charge on any atom is -0.462 e. The highest BCUT2D eigenvalue weighted by molar-refractivity contribution is 7.47. The third-order valence-corrected chi connectivity index (χ3v) is 19.0. The summed E-state index contributed by atoms with van der Waals surface area (Å²) in [6, 6.07) is 0. The molecular weight excluding hydrogens is 1270 g/mol. The molecule has 560 valence electrons. The van der Waals surface area contributed by atoms with E-state index in [0.29, 0.717) is 19.3 Å². The monoisotopic (exact) mass is 1390 g/mol. The quantitative estimate of drug-likeness (QED) is 0.00513. The Labute approximate surface area is 572 Å². The summed E-state index contributed by atoms with van der Waals surface area (Å²) in [5.74, 6) is -2.24. The molecule has 3 aliphatic rings. The van der Waals surface area contributed by atoms with Crippen molar-refractivity contribution in [3.05, 3.63) is 36.5 Å². The average molecular weight is 1400 g/mol. The normalized spacial score (nSPS) is 28.1. The van der Waals surface area contributed by atoms with Gasteiger partial charge >= 0.3 is 25.7 Å². The fourth-order valence-corrected chi connectivity index (χ4v) is 12.9. The number of carbonyl (C=O) groups is 3. The molecule has 2 aliphatic heterocycles. The minimum atomic E-state index is -5.71. The number of carbonyl (C=O) groups excluding carboxylic acids is 3. The van der Waals surface area contributed by atoms with Crippen molar-refractivity contribution in [2.75, 3.05) is 26.4 Å². The van der Waals surface area contributed by atoms with E-state index in [1.54, 1.807) is 6.08 Å². The highest BCUT2D eigenvalue weighted by Crippen LogP contribution is 2.49. The van der Waals surface area contributed by atoms with Gasteiger partial charge in [-0.1, -0.05) is 231 Å². The summed E-state index contributed by atoms with van der Waals surface area (Å²) < 4.78 is 64.7. The van der Waals surface area contributed by atoms with Crippen LogP contribution in [0.1, 0.15) is 265 Å². The zero-order valence-corrected chi connectivity index (χ0v) is 59.0. The van der Waals surface area contributed by atoms with Gasteiger partial charge in [0.15, 0.2) is 18.7 Å². The summed E-state index contributed by atoms with van der Waals surface area (Å²) in [5, 5.41) is 110. The fourth-order valence-electron chi connectivity index (χ4n) is 12.0. The second kappa shape index (κ2) is 53.1. The molecule has 3 fully saturated rings. The summed E-state index contributed by atoms with van der Waals surface area (Å²) in [7, 11) is -5.71. The molecule has 1 saturated carbocycles. The molecule has 11 N–H and O–H groups in total. The van der Waals surface area contributed by atoms with Crippen LogP contribution in [0.5, 0.6) is 0 Å². The lowest BCUT2D eigenvalue weighted by atomic mass is 9.84. The Morgan fingerprint density at radius 2 is 0.812 bits per heavy atom. The van der Waals surface area contributed by atoms with Crippen LogP contribution in [0.2, 0.25) is 0 Å². The fraction of sp³-hybridized carbons (Fsp3) is 0.873. The number of aliphatic hydroxyl groups excluding tert-OH is 10. The molecule has 0 aromatic heterocycles. The molecule has 0 aromatic carbocycles. The van der Waals surface area contributed by atoms with E-state index in [1.165, 1.54) is 134 Å². The Kier molecular flexibility index (Phi) is 48.3. The van der Waals surface area contributed by atoms with Gasteiger partial charge in [-0.2, -0.15) is 0 Å². The molecule has 18 atom stereocenters. The number of unbranched alkanes of at least 4 members (excludes halogenated alkanes) is 32. The second-order valence-corrected chi connectivity index (χ2v) is 27.8. The predicted molar refractivity (Wildman–Crippen MR) is 361 cm³/mol. The molecule has 25 heteroatoms. The van der Waals surface area contributed by atoms with Gasteiger partial charge in [-0.05, 0) is 51.4 Å². The molecule has 0 aromatic rings. The second-order valence-electron chi connectivity index (χ2n) is 26.4. The standard InChI is InChI=1S/C71H127O24P/c1-4-7-10-13-16-19-22-25-26-29-31-34-37-40-43-46-56(74)88-51-54-59(77)61(79)66(84)71(92-54)94-68-64(82)62(80)63(81)67(93-70-65(83)60(78)58(76)53(48-72)91-70)69(68)95-96(85,86)89-50-52(90-57(75)47-44-41-38-35-32-28-24-21-18-15-12-9-6-3)49-87-55(73)45-42-39-36-33-30-27-23-20-17-14-11-8-5-2/h28,32,37,40,43,46,52-54,58-72,76-84H,4-27,29-31,33-36,38-39,41-42,44-45,47-51H2,1-3H3,(H,85,86)/b32-28-,40-37+,46-43+. The summed E-state index contributed by atoms with van der Waals surface area (Å²) in [5.41, 5.74) is 0. The maximum absolute atomic E-state index is 14.3. The number of rotatable bonds is 56. The van der Waals surface area contributed by atoms with Crippen molar-refractivity contribution in [3.63, 3.8) is 0 Å². The Balaban J connectivity index is 1.76. The van der Waals surface area contributed by atoms with E-state index < -0.39 is 156 Å². The lowest BCUT2D eigenvalue weighted by Gasteiger charge is -2.49. The summed E-state index contributed by atoms with van der Waals surface area (Å²) in [6.45, 7) is 3.32. The lowest BCUT2D eigenvalue weighted by Crippen LogP contribution is -2.69. The smallest absolute Gasteiger partial charge is 0.462 e. The first kappa shape index (κ1) is 87.4. The van der Waals surface area contributed by atoms with Gasteiger partial charge in [0.2, 0.25) is 0 Å². The van der Waals surface area contributed by atoms with Crippen molar-refractivity contribution in [3.8, 4) is 0 Å². The van der Waals surface area contributed by atoms with Gasteiger partial charge in [0.05, 0.1) is 13.2 Å². The van der Waals surface area contributed by atoms with E-state index in [0.717, 1.165) is 89.5 Å². The summed E-state index contributed by atoms with van der Waals surface area (Å²) in [4.78, 5) is 50.8. The van der Waals surface area contributed by atoms with Gasteiger partial charge in [0.1, 0.15) is 98.7 Å². The average Bonchev–Trinajstić information content (AvgIpc) is 0.768. The van der Waals surface area contributed by atoms with E-state index >= 15 is 0 Å². The van der Waals surface area contributed by atoms with Crippen LogP contribution in [-0.4, -0.2) is 204 Å². The van der Waals surface area contributed by atoms with Gasteiger partial charge in [-0.3, -0.25) is 18.6 Å². The zero-order chi connectivity index (χ0) is 70.4. The van der Waals surface area contributed by atoms with E-state index in [4.69, 9.17) is 42.2 Å². The van der Waals surface area contributed by atoms with Crippen LogP contribution in [0.4, 0.5) is 0 Å². The molecular formula is C71H127O24P.